The summed E-state index contributed by atoms with van der Waals surface area (Å²) >= 11 is 3.00. The van der Waals surface area contributed by atoms with Crippen molar-refractivity contribution < 1.29 is 13.6 Å². The molecule has 3 heterocycles. The van der Waals surface area contributed by atoms with E-state index in [1.165, 1.54) is 42.3 Å². The number of aromatic nitrogens is 4. The minimum Gasteiger partial charge on any atom is -0.447 e. The summed E-state index contributed by atoms with van der Waals surface area (Å²) in [6.07, 6.45) is 1.30. The van der Waals surface area contributed by atoms with Crippen LogP contribution in [0.1, 0.15) is 16.4 Å². The zero-order valence-electron chi connectivity index (χ0n) is 17.0. The largest absolute Gasteiger partial charge is 0.447 e. The lowest BCUT2D eigenvalue weighted by atomic mass is 10.3. The smallest absolute Gasteiger partial charge is 0.277 e. The van der Waals surface area contributed by atoms with Gasteiger partial charge in [-0.2, -0.15) is 0 Å². The molecular weight excluding hydrogens is 461 g/mol. The molecule has 0 aliphatic rings. The molecule has 3 aromatic heterocycles. The first-order chi connectivity index (χ1) is 16.2. The maximum Gasteiger partial charge on any atom is 0.277 e. The van der Waals surface area contributed by atoms with Crippen molar-refractivity contribution in [2.24, 2.45) is 0 Å². The van der Waals surface area contributed by atoms with E-state index in [-0.39, 0.29) is 11.5 Å². The van der Waals surface area contributed by atoms with Gasteiger partial charge in [-0.1, -0.05) is 36.0 Å². The molecule has 0 aliphatic carbocycles. The van der Waals surface area contributed by atoms with Crippen molar-refractivity contribution in [3.63, 3.8) is 0 Å². The highest BCUT2D eigenvalue weighted by Crippen LogP contribution is 2.31. The van der Waals surface area contributed by atoms with Crippen LogP contribution in [0.25, 0.3) is 16.4 Å². The predicted octanol–water partition coefficient (Wildman–Crippen LogP) is 5.67. The standard InChI is InChI=1S/C23H16FN5O2S2/c24-15-8-10-16(11-9-15)25-22(30)18-13-31-20(26-18)14-33-23-28-27-21(19-7-4-12-32-19)29(23)17-5-2-1-3-6-17/h1-13H,14H2,(H,25,30). The molecule has 0 fully saturated rings. The molecule has 0 saturated heterocycles. The second kappa shape index (κ2) is 9.39. The molecule has 2 aromatic carbocycles. The molecule has 1 amide bonds. The number of carbonyl (C=O) groups is 1. The fraction of sp³-hybridized carbons (Fsp3) is 0.0435. The number of hydrogen-bond acceptors (Lipinski definition) is 7. The van der Waals surface area contributed by atoms with E-state index in [9.17, 15) is 9.18 Å². The van der Waals surface area contributed by atoms with Gasteiger partial charge in [0.25, 0.3) is 5.91 Å². The number of benzene rings is 2. The fourth-order valence-electron chi connectivity index (χ4n) is 3.07. The number of oxazole rings is 1. The summed E-state index contributed by atoms with van der Waals surface area (Å²) in [4.78, 5) is 17.7. The molecule has 5 rings (SSSR count). The van der Waals surface area contributed by atoms with E-state index in [1.807, 2.05) is 52.4 Å². The quantitative estimate of drug-likeness (QED) is 0.304. The van der Waals surface area contributed by atoms with Crippen molar-refractivity contribution >= 4 is 34.7 Å². The van der Waals surface area contributed by atoms with Crippen LogP contribution >= 0.6 is 23.1 Å². The first kappa shape index (κ1) is 21.1. The number of para-hydroxylation sites is 1. The van der Waals surface area contributed by atoms with Gasteiger partial charge in [-0.05, 0) is 47.8 Å². The molecule has 0 saturated carbocycles. The van der Waals surface area contributed by atoms with Crippen LogP contribution in [-0.2, 0) is 5.75 Å². The summed E-state index contributed by atoms with van der Waals surface area (Å²) in [6, 6.07) is 19.3. The van der Waals surface area contributed by atoms with Gasteiger partial charge in [-0.15, -0.1) is 21.5 Å². The molecular formula is C23H16FN5O2S2. The minimum atomic E-state index is -0.436. The second-order valence-electron chi connectivity index (χ2n) is 6.83. The molecule has 7 nitrogen and oxygen atoms in total. The van der Waals surface area contributed by atoms with E-state index in [1.54, 1.807) is 11.3 Å². The molecule has 5 aromatic rings. The number of thioether (sulfide) groups is 1. The van der Waals surface area contributed by atoms with Gasteiger partial charge in [0.15, 0.2) is 16.7 Å². The first-order valence-corrected chi connectivity index (χ1v) is 11.7. The Bertz CT molecular complexity index is 1370. The van der Waals surface area contributed by atoms with E-state index >= 15 is 0 Å². The van der Waals surface area contributed by atoms with Crippen molar-refractivity contribution in [3.05, 3.63) is 95.8 Å². The Labute approximate surface area is 196 Å². The summed E-state index contributed by atoms with van der Waals surface area (Å²) in [7, 11) is 0. The van der Waals surface area contributed by atoms with Crippen LogP contribution in [0.2, 0.25) is 0 Å². The Balaban J connectivity index is 1.33. The van der Waals surface area contributed by atoms with Gasteiger partial charge in [0.05, 0.1) is 10.6 Å². The lowest BCUT2D eigenvalue weighted by Gasteiger charge is -2.08. The van der Waals surface area contributed by atoms with E-state index in [0.29, 0.717) is 22.5 Å². The van der Waals surface area contributed by atoms with Crippen LogP contribution in [0.4, 0.5) is 10.1 Å². The normalized spacial score (nSPS) is 10.9. The van der Waals surface area contributed by atoms with Gasteiger partial charge in [0.2, 0.25) is 5.89 Å². The number of amides is 1. The van der Waals surface area contributed by atoms with Gasteiger partial charge in [0.1, 0.15) is 12.1 Å². The maximum atomic E-state index is 13.0. The van der Waals surface area contributed by atoms with Crippen molar-refractivity contribution in [3.8, 4) is 16.4 Å². The summed E-state index contributed by atoms with van der Waals surface area (Å²) in [6.45, 7) is 0. The number of carbonyl (C=O) groups excluding carboxylic acids is 1. The van der Waals surface area contributed by atoms with Gasteiger partial charge < -0.3 is 9.73 Å². The number of nitrogens with one attached hydrogen (secondary N) is 1. The van der Waals surface area contributed by atoms with Crippen LogP contribution < -0.4 is 5.32 Å². The van der Waals surface area contributed by atoms with E-state index in [0.717, 1.165) is 16.4 Å². The number of hydrogen-bond donors (Lipinski definition) is 1. The van der Waals surface area contributed by atoms with Crippen LogP contribution in [0, 0.1) is 5.82 Å². The van der Waals surface area contributed by atoms with Gasteiger partial charge in [-0.3, -0.25) is 9.36 Å². The van der Waals surface area contributed by atoms with Crippen LogP contribution in [-0.4, -0.2) is 25.7 Å². The highest BCUT2D eigenvalue weighted by molar-refractivity contribution is 7.98. The molecule has 0 unspecified atom stereocenters. The maximum absolute atomic E-state index is 13.0. The van der Waals surface area contributed by atoms with Crippen LogP contribution in [0.5, 0.6) is 0 Å². The summed E-state index contributed by atoms with van der Waals surface area (Å²) in [5.41, 5.74) is 1.55. The second-order valence-corrected chi connectivity index (χ2v) is 8.72. The highest BCUT2D eigenvalue weighted by Gasteiger charge is 2.18. The Hall–Kier alpha value is -3.76. The van der Waals surface area contributed by atoms with E-state index in [2.05, 4.69) is 20.5 Å². The SMILES string of the molecule is O=C(Nc1ccc(F)cc1)c1coc(CSc2nnc(-c3cccs3)n2-c2ccccc2)n1. The van der Waals surface area contributed by atoms with Crippen molar-refractivity contribution in [1.29, 1.82) is 0 Å². The van der Waals surface area contributed by atoms with Gasteiger partial charge >= 0.3 is 0 Å². The number of halogens is 1. The highest BCUT2D eigenvalue weighted by atomic mass is 32.2. The van der Waals surface area contributed by atoms with E-state index in [4.69, 9.17) is 4.42 Å². The zero-order chi connectivity index (χ0) is 22.6. The monoisotopic (exact) mass is 477 g/mol. The predicted molar refractivity (Wildman–Crippen MR) is 125 cm³/mol. The molecule has 0 radical (unpaired) electrons. The lowest BCUT2D eigenvalue weighted by Crippen LogP contribution is -2.12. The topological polar surface area (TPSA) is 85.8 Å². The number of anilines is 1. The molecule has 1 N–H and O–H groups in total. The average Bonchev–Trinajstić information content (AvgIpc) is 3.60. The fourth-order valence-corrected chi connectivity index (χ4v) is 4.58. The van der Waals surface area contributed by atoms with Crippen LogP contribution in [0.3, 0.4) is 0 Å². The van der Waals surface area contributed by atoms with Crippen molar-refractivity contribution in [1.82, 2.24) is 19.7 Å². The lowest BCUT2D eigenvalue weighted by molar-refractivity contribution is 0.102. The van der Waals surface area contributed by atoms with Crippen molar-refractivity contribution in [2.45, 2.75) is 10.9 Å². The zero-order valence-corrected chi connectivity index (χ0v) is 18.6. The molecule has 33 heavy (non-hydrogen) atoms. The molecule has 0 bridgehead atoms. The van der Waals surface area contributed by atoms with Gasteiger partial charge in [-0.25, -0.2) is 9.37 Å². The third-order valence-corrected chi connectivity index (χ3v) is 6.38. The number of rotatable bonds is 7. The minimum absolute atomic E-state index is 0.138. The van der Waals surface area contributed by atoms with E-state index < -0.39 is 5.91 Å². The summed E-state index contributed by atoms with van der Waals surface area (Å²) in [5.74, 6) is 0.683. The molecule has 0 spiro atoms. The third kappa shape index (κ3) is 4.71. The molecule has 164 valence electrons. The molecule has 0 aliphatic heterocycles. The van der Waals surface area contributed by atoms with Crippen LogP contribution in [0.15, 0.2) is 87.9 Å². The summed E-state index contributed by atoms with van der Waals surface area (Å²) in [5, 5.41) is 14.1. The van der Waals surface area contributed by atoms with Crippen molar-refractivity contribution in [2.75, 3.05) is 5.32 Å². The number of nitrogens with zero attached hydrogens (tertiary/aromatic N) is 4. The summed E-state index contributed by atoms with van der Waals surface area (Å²) < 4.78 is 20.5. The Morgan fingerprint density at radius 2 is 1.88 bits per heavy atom. The Morgan fingerprint density at radius 1 is 1.06 bits per heavy atom. The average molecular weight is 478 g/mol. The Kier molecular flexibility index (Phi) is 6.01. The molecule has 0 atom stereocenters. The number of thiophene rings is 1. The third-order valence-electron chi connectivity index (χ3n) is 4.60. The van der Waals surface area contributed by atoms with Gasteiger partial charge in [0, 0.05) is 11.4 Å². The Morgan fingerprint density at radius 3 is 2.64 bits per heavy atom. The molecule has 10 heteroatoms. The first-order valence-electron chi connectivity index (χ1n) is 9.86.